The topological polar surface area (TPSA) is 48.9 Å². The van der Waals surface area contributed by atoms with Crippen molar-refractivity contribution in [3.63, 3.8) is 0 Å². The van der Waals surface area contributed by atoms with Gasteiger partial charge in [0.15, 0.2) is 5.96 Å². The van der Waals surface area contributed by atoms with Crippen LogP contribution in [0.4, 0.5) is 4.39 Å². The number of rotatable bonds is 10. The molecule has 0 aliphatic carbocycles. The number of aliphatic imine (C=N–C) groups is 1. The molecule has 0 aromatic heterocycles. The van der Waals surface area contributed by atoms with E-state index in [1.807, 2.05) is 6.92 Å². The molecule has 0 fully saturated rings. The zero-order valence-electron chi connectivity index (χ0n) is 15.3. The molecule has 0 saturated heterocycles. The lowest BCUT2D eigenvalue weighted by Gasteiger charge is -2.19. The van der Waals surface area contributed by atoms with Gasteiger partial charge in [-0.05, 0) is 57.2 Å². The fraction of sp³-hybridized carbons (Fsp3) is 0.611. The van der Waals surface area contributed by atoms with Crippen LogP contribution in [0.5, 0.6) is 5.75 Å². The number of ether oxygens (including phenoxy) is 1. The molecule has 0 heterocycles. The fourth-order valence-electron chi connectivity index (χ4n) is 2.30. The molecule has 0 aliphatic heterocycles. The number of hydrogen-bond donors (Lipinski definition) is 2. The lowest BCUT2D eigenvalue weighted by atomic mass is 10.3. The Balaban J connectivity index is 2.24. The zero-order chi connectivity index (χ0) is 17.8. The summed E-state index contributed by atoms with van der Waals surface area (Å²) in [5.74, 6) is 1.17. The molecule has 0 bridgehead atoms. The van der Waals surface area contributed by atoms with Gasteiger partial charge in [-0.2, -0.15) is 0 Å². The summed E-state index contributed by atoms with van der Waals surface area (Å²) < 4.78 is 18.6. The van der Waals surface area contributed by atoms with Crippen molar-refractivity contribution in [3.8, 4) is 5.75 Å². The molecule has 1 aromatic rings. The van der Waals surface area contributed by atoms with Crippen molar-refractivity contribution in [1.29, 1.82) is 0 Å². The van der Waals surface area contributed by atoms with Crippen LogP contribution in [0.15, 0.2) is 29.3 Å². The molecule has 0 amide bonds. The van der Waals surface area contributed by atoms with Gasteiger partial charge in [-0.1, -0.05) is 13.8 Å². The monoisotopic (exact) mass is 338 g/mol. The molecule has 5 nitrogen and oxygen atoms in total. The number of nitrogens with one attached hydrogen (secondary N) is 2. The van der Waals surface area contributed by atoms with Gasteiger partial charge in [-0.3, -0.25) is 4.99 Å². The van der Waals surface area contributed by atoms with E-state index in [1.165, 1.54) is 12.1 Å². The highest BCUT2D eigenvalue weighted by Gasteiger charge is 2.06. The molecule has 1 atom stereocenters. The second-order valence-corrected chi connectivity index (χ2v) is 5.64. The molecular weight excluding hydrogens is 307 g/mol. The van der Waals surface area contributed by atoms with E-state index < -0.39 is 0 Å². The van der Waals surface area contributed by atoms with Gasteiger partial charge in [-0.25, -0.2) is 4.39 Å². The number of benzene rings is 1. The Morgan fingerprint density at radius 2 is 1.88 bits per heavy atom. The summed E-state index contributed by atoms with van der Waals surface area (Å²) >= 11 is 0. The Kier molecular flexibility index (Phi) is 9.84. The van der Waals surface area contributed by atoms with Crippen molar-refractivity contribution in [1.82, 2.24) is 15.5 Å². The maximum atomic E-state index is 12.9. The molecule has 2 N–H and O–H groups in total. The van der Waals surface area contributed by atoms with E-state index in [-0.39, 0.29) is 11.9 Å². The van der Waals surface area contributed by atoms with E-state index in [1.54, 1.807) is 19.2 Å². The normalized spacial score (nSPS) is 13.0. The van der Waals surface area contributed by atoms with Gasteiger partial charge >= 0.3 is 0 Å². The minimum atomic E-state index is -0.262. The van der Waals surface area contributed by atoms with Crippen molar-refractivity contribution in [2.24, 2.45) is 4.99 Å². The molecule has 136 valence electrons. The number of guanidine groups is 1. The van der Waals surface area contributed by atoms with Gasteiger partial charge in [0.05, 0.1) is 6.54 Å². The first kappa shape index (κ1) is 20.2. The summed E-state index contributed by atoms with van der Waals surface area (Å²) in [5.41, 5.74) is 0. The molecular formula is C18H31FN4O. The summed E-state index contributed by atoms with van der Waals surface area (Å²) in [6.45, 7) is 11.1. The minimum Gasteiger partial charge on any atom is -0.489 e. The predicted octanol–water partition coefficient (Wildman–Crippen LogP) is 2.49. The Hall–Kier alpha value is -1.82. The van der Waals surface area contributed by atoms with Crippen LogP contribution in [0.1, 0.15) is 27.2 Å². The quantitative estimate of drug-likeness (QED) is 0.391. The van der Waals surface area contributed by atoms with E-state index in [4.69, 9.17) is 4.74 Å². The lowest BCUT2D eigenvalue weighted by Crippen LogP contribution is -2.42. The van der Waals surface area contributed by atoms with Gasteiger partial charge in [0.1, 0.15) is 17.7 Å². The molecule has 0 aliphatic rings. The van der Waals surface area contributed by atoms with Crippen molar-refractivity contribution >= 4 is 5.96 Å². The standard InChI is InChI=1S/C18H31FN4O/c1-5-23(6-2)13-7-12-21-18(20-4)22-14-15(3)24-17-10-8-16(19)9-11-17/h8-11,15H,5-7,12-14H2,1-4H3,(H2,20,21,22). The first-order chi connectivity index (χ1) is 11.6. The van der Waals surface area contributed by atoms with E-state index >= 15 is 0 Å². The third-order valence-corrected chi connectivity index (χ3v) is 3.77. The first-order valence-electron chi connectivity index (χ1n) is 8.68. The average Bonchev–Trinajstić information content (AvgIpc) is 2.59. The second kappa shape index (κ2) is 11.7. The van der Waals surface area contributed by atoms with Crippen LogP contribution in [0.2, 0.25) is 0 Å². The average molecular weight is 338 g/mol. The molecule has 0 radical (unpaired) electrons. The molecule has 0 saturated carbocycles. The summed E-state index contributed by atoms with van der Waals surface area (Å²) in [5, 5.41) is 6.55. The van der Waals surface area contributed by atoms with Crippen LogP contribution in [0, 0.1) is 5.82 Å². The van der Waals surface area contributed by atoms with Crippen molar-refractivity contribution in [3.05, 3.63) is 30.1 Å². The highest BCUT2D eigenvalue weighted by Crippen LogP contribution is 2.12. The highest BCUT2D eigenvalue weighted by atomic mass is 19.1. The van der Waals surface area contributed by atoms with E-state index in [0.29, 0.717) is 12.3 Å². The molecule has 1 unspecified atom stereocenters. The van der Waals surface area contributed by atoms with Gasteiger partial charge in [0.2, 0.25) is 0 Å². The van der Waals surface area contributed by atoms with Crippen LogP contribution < -0.4 is 15.4 Å². The SMILES string of the molecule is CCN(CC)CCCNC(=NC)NCC(C)Oc1ccc(F)cc1. The lowest BCUT2D eigenvalue weighted by molar-refractivity contribution is 0.223. The van der Waals surface area contributed by atoms with Crippen LogP contribution >= 0.6 is 0 Å². The Morgan fingerprint density at radius 3 is 2.46 bits per heavy atom. The van der Waals surface area contributed by atoms with E-state index in [9.17, 15) is 4.39 Å². The van der Waals surface area contributed by atoms with E-state index in [2.05, 4.69) is 34.4 Å². The fourth-order valence-corrected chi connectivity index (χ4v) is 2.30. The Bertz CT molecular complexity index is 474. The van der Waals surface area contributed by atoms with Crippen LogP contribution in [-0.4, -0.2) is 56.7 Å². The smallest absolute Gasteiger partial charge is 0.191 e. The molecule has 1 rings (SSSR count). The Morgan fingerprint density at radius 1 is 1.21 bits per heavy atom. The number of halogens is 1. The molecule has 0 spiro atoms. The summed E-state index contributed by atoms with van der Waals surface area (Å²) in [6, 6.07) is 6.05. The highest BCUT2D eigenvalue weighted by molar-refractivity contribution is 5.79. The molecule has 6 heteroatoms. The van der Waals surface area contributed by atoms with Crippen LogP contribution in [0.3, 0.4) is 0 Å². The third-order valence-electron chi connectivity index (χ3n) is 3.77. The summed E-state index contributed by atoms with van der Waals surface area (Å²) in [4.78, 5) is 6.61. The maximum Gasteiger partial charge on any atom is 0.191 e. The number of nitrogens with zero attached hydrogens (tertiary/aromatic N) is 2. The van der Waals surface area contributed by atoms with Crippen molar-refractivity contribution < 1.29 is 9.13 Å². The molecule has 24 heavy (non-hydrogen) atoms. The minimum absolute atomic E-state index is 0.0512. The summed E-state index contributed by atoms with van der Waals surface area (Å²) in [6.07, 6.45) is 1.02. The largest absolute Gasteiger partial charge is 0.489 e. The van der Waals surface area contributed by atoms with Crippen LogP contribution in [-0.2, 0) is 0 Å². The third kappa shape index (κ3) is 8.15. The van der Waals surface area contributed by atoms with Gasteiger partial charge in [0.25, 0.3) is 0 Å². The van der Waals surface area contributed by atoms with Gasteiger partial charge < -0.3 is 20.3 Å². The van der Waals surface area contributed by atoms with Crippen molar-refractivity contribution in [2.45, 2.75) is 33.3 Å². The first-order valence-corrected chi connectivity index (χ1v) is 8.68. The summed E-state index contributed by atoms with van der Waals surface area (Å²) in [7, 11) is 1.76. The Labute approximate surface area is 145 Å². The molecule has 1 aromatic carbocycles. The van der Waals surface area contributed by atoms with Gasteiger partial charge in [0, 0.05) is 13.6 Å². The van der Waals surface area contributed by atoms with Crippen LogP contribution in [0.25, 0.3) is 0 Å². The van der Waals surface area contributed by atoms with Gasteiger partial charge in [-0.15, -0.1) is 0 Å². The second-order valence-electron chi connectivity index (χ2n) is 5.64. The predicted molar refractivity (Wildman–Crippen MR) is 98.3 cm³/mol. The zero-order valence-corrected chi connectivity index (χ0v) is 15.3. The van der Waals surface area contributed by atoms with E-state index in [0.717, 1.165) is 38.6 Å². The maximum absolute atomic E-state index is 12.9. The van der Waals surface area contributed by atoms with Crippen molar-refractivity contribution in [2.75, 3.05) is 39.8 Å². The number of hydrogen-bond acceptors (Lipinski definition) is 3.